The zero-order valence-corrected chi connectivity index (χ0v) is 13.4. The molecule has 4 aliphatic carbocycles. The van der Waals surface area contributed by atoms with Crippen LogP contribution in [0.15, 0.2) is 12.4 Å². The Bertz CT molecular complexity index is 521. The van der Waals surface area contributed by atoms with E-state index in [1.807, 2.05) is 10.9 Å². The van der Waals surface area contributed by atoms with Crippen molar-refractivity contribution in [3.8, 4) is 0 Å². The quantitative estimate of drug-likeness (QED) is 0.911. The van der Waals surface area contributed by atoms with Crippen LogP contribution in [0.3, 0.4) is 0 Å². The third kappa shape index (κ3) is 2.16. The predicted molar refractivity (Wildman–Crippen MR) is 82.7 cm³/mol. The first-order valence-electron chi connectivity index (χ1n) is 8.72. The Morgan fingerprint density at radius 3 is 2.67 bits per heavy atom. The van der Waals surface area contributed by atoms with Gasteiger partial charge in [-0.3, -0.25) is 4.68 Å². The van der Waals surface area contributed by atoms with Gasteiger partial charge in [0.05, 0.1) is 12.3 Å². The predicted octanol–water partition coefficient (Wildman–Crippen LogP) is 3.93. The zero-order chi connectivity index (χ0) is 14.7. The van der Waals surface area contributed by atoms with E-state index in [9.17, 15) is 5.11 Å². The van der Waals surface area contributed by atoms with E-state index < -0.39 is 0 Å². The number of rotatable bonds is 4. The van der Waals surface area contributed by atoms with Gasteiger partial charge in [0.15, 0.2) is 0 Å². The summed E-state index contributed by atoms with van der Waals surface area (Å²) in [6, 6.07) is 0. The molecule has 3 unspecified atom stereocenters. The second-order valence-corrected chi connectivity index (χ2v) is 8.57. The van der Waals surface area contributed by atoms with Crippen LogP contribution in [0.2, 0.25) is 0 Å². The second-order valence-electron chi connectivity index (χ2n) is 8.57. The molecule has 1 heterocycles. The van der Waals surface area contributed by atoms with Gasteiger partial charge in [0.2, 0.25) is 0 Å². The fourth-order valence-electron chi connectivity index (χ4n) is 6.34. The van der Waals surface area contributed by atoms with Gasteiger partial charge in [0.25, 0.3) is 0 Å². The summed E-state index contributed by atoms with van der Waals surface area (Å²) in [5.41, 5.74) is 1.68. The van der Waals surface area contributed by atoms with Crippen LogP contribution >= 0.6 is 0 Å². The van der Waals surface area contributed by atoms with Crippen molar-refractivity contribution in [1.82, 2.24) is 9.78 Å². The van der Waals surface area contributed by atoms with Crippen molar-refractivity contribution in [3.63, 3.8) is 0 Å². The first-order valence-corrected chi connectivity index (χ1v) is 8.72. The van der Waals surface area contributed by atoms with Crippen LogP contribution in [0, 0.1) is 22.7 Å². The fraction of sp³-hybridized carbons (Fsp3) is 0.833. The molecule has 1 aromatic heterocycles. The van der Waals surface area contributed by atoms with Crippen LogP contribution < -0.4 is 0 Å². The minimum atomic E-state index is -0.312. The van der Waals surface area contributed by atoms with Crippen LogP contribution in [0.25, 0.3) is 0 Å². The van der Waals surface area contributed by atoms with Crippen LogP contribution in [0.1, 0.15) is 70.5 Å². The highest BCUT2D eigenvalue weighted by Crippen LogP contribution is 2.68. The summed E-state index contributed by atoms with van der Waals surface area (Å²) in [4.78, 5) is 0. The number of hydrogen-bond donors (Lipinski definition) is 1. The van der Waals surface area contributed by atoms with Crippen LogP contribution in [0.4, 0.5) is 0 Å². The zero-order valence-electron chi connectivity index (χ0n) is 13.4. The maximum atomic E-state index is 11.1. The van der Waals surface area contributed by atoms with Gasteiger partial charge in [0.1, 0.15) is 0 Å². The van der Waals surface area contributed by atoms with Gasteiger partial charge < -0.3 is 5.11 Å². The summed E-state index contributed by atoms with van der Waals surface area (Å²) in [6.07, 6.45) is 12.7. The van der Waals surface area contributed by atoms with Crippen molar-refractivity contribution in [3.05, 3.63) is 18.0 Å². The molecule has 4 saturated carbocycles. The summed E-state index contributed by atoms with van der Waals surface area (Å²) in [5.74, 6) is 1.72. The average Bonchev–Trinajstić information content (AvgIpc) is 2.84. The lowest BCUT2D eigenvalue weighted by Crippen LogP contribution is -2.53. The molecule has 4 bridgehead atoms. The highest BCUT2D eigenvalue weighted by molar-refractivity contribution is 5.17. The molecule has 3 atom stereocenters. The number of aromatic nitrogens is 2. The van der Waals surface area contributed by atoms with Crippen molar-refractivity contribution in [2.75, 3.05) is 0 Å². The number of aliphatic hydroxyl groups excluding tert-OH is 1. The molecule has 116 valence electrons. The van der Waals surface area contributed by atoms with Gasteiger partial charge in [-0.05, 0) is 62.2 Å². The van der Waals surface area contributed by atoms with Crippen molar-refractivity contribution >= 4 is 0 Å². The Kier molecular flexibility index (Phi) is 3.01. The monoisotopic (exact) mass is 288 g/mol. The van der Waals surface area contributed by atoms with Gasteiger partial charge in [-0.15, -0.1) is 0 Å². The molecular formula is C18H28N2O. The summed E-state index contributed by atoms with van der Waals surface area (Å²) in [6.45, 7) is 5.58. The van der Waals surface area contributed by atoms with Gasteiger partial charge in [-0.25, -0.2) is 0 Å². The molecular weight excluding hydrogens is 260 g/mol. The Morgan fingerprint density at radius 2 is 2.05 bits per heavy atom. The van der Waals surface area contributed by atoms with Gasteiger partial charge in [-0.1, -0.05) is 13.8 Å². The Hall–Kier alpha value is -0.830. The molecule has 4 fully saturated rings. The molecule has 0 radical (unpaired) electrons. The summed E-state index contributed by atoms with van der Waals surface area (Å²) in [5, 5.41) is 15.6. The van der Waals surface area contributed by atoms with Crippen LogP contribution in [-0.4, -0.2) is 14.9 Å². The maximum absolute atomic E-state index is 11.1. The number of nitrogens with zero attached hydrogens (tertiary/aromatic N) is 2. The standard InChI is InChI=1S/C18H28N2O/c1-3-4-20-11-15(10-19-20)16(21)18-8-13-5-14(9-18)7-17(2,6-13)12-18/h10-11,13-14,16,21H,3-9,12H2,1-2H3. The van der Waals surface area contributed by atoms with Crippen LogP contribution in [-0.2, 0) is 6.54 Å². The topological polar surface area (TPSA) is 38.0 Å². The lowest BCUT2D eigenvalue weighted by Gasteiger charge is -2.62. The normalized spacial score (nSPS) is 42.4. The van der Waals surface area contributed by atoms with Crippen molar-refractivity contribution in [2.45, 2.75) is 71.4 Å². The molecule has 4 aliphatic rings. The van der Waals surface area contributed by atoms with E-state index in [2.05, 4.69) is 25.1 Å². The van der Waals surface area contributed by atoms with Crippen molar-refractivity contribution in [1.29, 1.82) is 0 Å². The SMILES string of the molecule is CCCn1cc(C(O)C23CC4CC(CC(C)(C4)C2)C3)cn1. The largest absolute Gasteiger partial charge is 0.388 e. The molecule has 1 N–H and O–H groups in total. The third-order valence-corrected chi connectivity index (χ3v) is 6.40. The minimum Gasteiger partial charge on any atom is -0.388 e. The van der Waals surface area contributed by atoms with Gasteiger partial charge in [0, 0.05) is 23.7 Å². The van der Waals surface area contributed by atoms with E-state index >= 15 is 0 Å². The number of aryl methyl sites for hydroxylation is 1. The lowest BCUT2D eigenvalue weighted by atomic mass is 9.43. The molecule has 0 aliphatic heterocycles. The highest BCUT2D eigenvalue weighted by Gasteiger charge is 2.58. The van der Waals surface area contributed by atoms with Gasteiger partial charge >= 0.3 is 0 Å². The number of aliphatic hydroxyl groups is 1. The lowest BCUT2D eigenvalue weighted by molar-refractivity contribution is -0.155. The molecule has 3 heteroatoms. The third-order valence-electron chi connectivity index (χ3n) is 6.40. The Balaban J connectivity index is 1.62. The molecule has 0 saturated heterocycles. The van der Waals surface area contributed by atoms with Gasteiger partial charge in [-0.2, -0.15) is 5.10 Å². The molecule has 0 spiro atoms. The van der Waals surface area contributed by atoms with E-state index in [0.717, 1.165) is 30.4 Å². The van der Waals surface area contributed by atoms with E-state index in [1.54, 1.807) is 0 Å². The van der Waals surface area contributed by atoms with Crippen molar-refractivity contribution in [2.24, 2.45) is 22.7 Å². The molecule has 21 heavy (non-hydrogen) atoms. The Labute approximate surface area is 127 Å². The Morgan fingerprint density at radius 1 is 1.33 bits per heavy atom. The first-order chi connectivity index (χ1) is 10.0. The van der Waals surface area contributed by atoms with Crippen molar-refractivity contribution < 1.29 is 5.11 Å². The molecule has 1 aromatic rings. The van der Waals surface area contributed by atoms with E-state index in [4.69, 9.17) is 0 Å². The minimum absolute atomic E-state index is 0.138. The first kappa shape index (κ1) is 13.8. The molecule has 0 aromatic carbocycles. The number of hydrogen-bond acceptors (Lipinski definition) is 2. The average molecular weight is 288 g/mol. The summed E-state index contributed by atoms with van der Waals surface area (Å²) in [7, 11) is 0. The van der Waals surface area contributed by atoms with Crippen LogP contribution in [0.5, 0.6) is 0 Å². The molecule has 5 rings (SSSR count). The van der Waals surface area contributed by atoms with E-state index in [-0.39, 0.29) is 11.5 Å². The van der Waals surface area contributed by atoms with E-state index in [0.29, 0.717) is 5.41 Å². The highest BCUT2D eigenvalue weighted by atomic mass is 16.3. The molecule has 3 nitrogen and oxygen atoms in total. The molecule has 0 amide bonds. The smallest absolute Gasteiger partial charge is 0.0877 e. The fourth-order valence-corrected chi connectivity index (χ4v) is 6.34. The summed E-state index contributed by atoms with van der Waals surface area (Å²) >= 11 is 0. The second kappa shape index (κ2) is 4.58. The van der Waals surface area contributed by atoms with E-state index in [1.165, 1.54) is 38.5 Å². The summed E-state index contributed by atoms with van der Waals surface area (Å²) < 4.78 is 1.99. The maximum Gasteiger partial charge on any atom is 0.0877 e.